The summed E-state index contributed by atoms with van der Waals surface area (Å²) in [6.45, 7) is 2.57. The molecule has 0 unspecified atom stereocenters. The van der Waals surface area contributed by atoms with Crippen molar-refractivity contribution in [2.45, 2.75) is 26.3 Å². The maximum Gasteiger partial charge on any atom is 0.189 e. The SMILES string of the molecule is CCCn1ncc(OC)c1C(=O)Cc1c(F)cccc1Cl. The van der Waals surface area contributed by atoms with E-state index >= 15 is 0 Å². The van der Waals surface area contributed by atoms with Gasteiger partial charge in [0.05, 0.1) is 13.3 Å². The van der Waals surface area contributed by atoms with Gasteiger partial charge in [-0.25, -0.2) is 4.39 Å². The zero-order valence-electron chi connectivity index (χ0n) is 11.9. The highest BCUT2D eigenvalue weighted by Crippen LogP contribution is 2.24. The number of halogens is 2. The minimum absolute atomic E-state index is 0.128. The summed E-state index contributed by atoms with van der Waals surface area (Å²) in [6, 6.07) is 4.36. The molecular weight excluding hydrogens is 295 g/mol. The summed E-state index contributed by atoms with van der Waals surface area (Å²) < 4.78 is 20.5. The summed E-state index contributed by atoms with van der Waals surface area (Å²) in [7, 11) is 1.47. The second kappa shape index (κ2) is 6.72. The molecule has 0 saturated heterocycles. The first-order chi connectivity index (χ1) is 10.1. The molecule has 0 aliphatic carbocycles. The van der Waals surface area contributed by atoms with E-state index in [9.17, 15) is 9.18 Å². The number of ketones is 1. The number of aryl methyl sites for hydroxylation is 1. The highest BCUT2D eigenvalue weighted by atomic mass is 35.5. The topological polar surface area (TPSA) is 44.1 Å². The third-order valence-electron chi connectivity index (χ3n) is 3.12. The van der Waals surface area contributed by atoms with Gasteiger partial charge in [-0.3, -0.25) is 9.48 Å². The van der Waals surface area contributed by atoms with Crippen molar-refractivity contribution in [1.29, 1.82) is 0 Å². The van der Waals surface area contributed by atoms with Crippen LogP contribution in [-0.4, -0.2) is 22.7 Å². The van der Waals surface area contributed by atoms with Gasteiger partial charge in [0.15, 0.2) is 11.5 Å². The normalized spacial score (nSPS) is 10.7. The number of ether oxygens (including phenoxy) is 1. The van der Waals surface area contributed by atoms with Gasteiger partial charge in [-0.1, -0.05) is 24.6 Å². The third-order valence-corrected chi connectivity index (χ3v) is 3.48. The lowest BCUT2D eigenvalue weighted by molar-refractivity contribution is 0.0978. The van der Waals surface area contributed by atoms with E-state index in [1.165, 1.54) is 25.4 Å². The molecule has 0 atom stereocenters. The van der Waals surface area contributed by atoms with Crippen molar-refractivity contribution < 1.29 is 13.9 Å². The molecule has 112 valence electrons. The number of carbonyl (C=O) groups is 1. The second-order valence-corrected chi connectivity index (χ2v) is 4.99. The first kappa shape index (κ1) is 15.5. The molecule has 0 N–H and O–H groups in total. The summed E-state index contributed by atoms with van der Waals surface area (Å²) in [6.07, 6.45) is 2.19. The molecule has 1 heterocycles. The van der Waals surface area contributed by atoms with Gasteiger partial charge in [0.25, 0.3) is 0 Å². The predicted octanol–water partition coefficient (Wildman–Crippen LogP) is 3.52. The van der Waals surface area contributed by atoms with Crippen molar-refractivity contribution in [1.82, 2.24) is 9.78 Å². The Hall–Kier alpha value is -1.88. The van der Waals surface area contributed by atoms with Gasteiger partial charge >= 0.3 is 0 Å². The fraction of sp³-hybridized carbons (Fsp3) is 0.333. The molecule has 2 rings (SSSR count). The molecule has 0 saturated carbocycles. The van der Waals surface area contributed by atoms with Crippen molar-refractivity contribution in [3.63, 3.8) is 0 Å². The Labute approximate surface area is 127 Å². The van der Waals surface area contributed by atoms with Crippen LogP contribution in [-0.2, 0) is 13.0 Å². The summed E-state index contributed by atoms with van der Waals surface area (Å²) >= 11 is 5.96. The zero-order valence-corrected chi connectivity index (χ0v) is 12.7. The third kappa shape index (κ3) is 3.24. The highest BCUT2D eigenvalue weighted by molar-refractivity contribution is 6.31. The van der Waals surface area contributed by atoms with Crippen molar-refractivity contribution in [2.75, 3.05) is 7.11 Å². The molecule has 0 aliphatic heterocycles. The van der Waals surface area contributed by atoms with Crippen LogP contribution in [0.1, 0.15) is 29.4 Å². The Morgan fingerprint density at radius 1 is 1.48 bits per heavy atom. The number of nitrogens with zero attached hydrogens (tertiary/aromatic N) is 2. The molecule has 0 radical (unpaired) electrons. The number of rotatable bonds is 6. The average Bonchev–Trinajstić information content (AvgIpc) is 2.86. The molecule has 0 bridgehead atoms. The second-order valence-electron chi connectivity index (χ2n) is 4.58. The number of benzene rings is 1. The van der Waals surface area contributed by atoms with Crippen LogP contribution >= 0.6 is 11.6 Å². The van der Waals surface area contributed by atoms with E-state index in [-0.39, 0.29) is 22.8 Å². The Morgan fingerprint density at radius 2 is 2.24 bits per heavy atom. The predicted molar refractivity (Wildman–Crippen MR) is 78.5 cm³/mol. The van der Waals surface area contributed by atoms with E-state index in [1.807, 2.05) is 6.92 Å². The van der Waals surface area contributed by atoms with E-state index in [4.69, 9.17) is 16.3 Å². The summed E-state index contributed by atoms with van der Waals surface area (Å²) in [5.74, 6) is -0.373. The molecule has 4 nitrogen and oxygen atoms in total. The lowest BCUT2D eigenvalue weighted by Crippen LogP contribution is -2.14. The van der Waals surface area contributed by atoms with Crippen LogP contribution in [0.15, 0.2) is 24.4 Å². The van der Waals surface area contributed by atoms with Gasteiger partial charge in [0.2, 0.25) is 0 Å². The molecular formula is C15H16ClFN2O2. The minimum Gasteiger partial charge on any atom is -0.493 e. The molecule has 0 amide bonds. The Balaban J connectivity index is 2.34. The number of carbonyl (C=O) groups excluding carboxylic acids is 1. The number of Topliss-reactive ketones (excluding diaryl/α,β-unsaturated/α-hetero) is 1. The molecule has 21 heavy (non-hydrogen) atoms. The van der Waals surface area contributed by atoms with Crippen molar-refractivity contribution in [2.24, 2.45) is 0 Å². The van der Waals surface area contributed by atoms with Crippen molar-refractivity contribution in [3.8, 4) is 5.75 Å². The van der Waals surface area contributed by atoms with Gasteiger partial charge in [-0.15, -0.1) is 0 Å². The lowest BCUT2D eigenvalue weighted by atomic mass is 10.1. The van der Waals surface area contributed by atoms with E-state index in [1.54, 1.807) is 10.7 Å². The van der Waals surface area contributed by atoms with Crippen molar-refractivity contribution >= 4 is 17.4 Å². The van der Waals surface area contributed by atoms with E-state index in [0.29, 0.717) is 18.0 Å². The number of hydrogen-bond acceptors (Lipinski definition) is 3. The quantitative estimate of drug-likeness (QED) is 0.767. The van der Waals surface area contributed by atoms with Crippen LogP contribution in [0.4, 0.5) is 4.39 Å². The number of methoxy groups -OCH3 is 1. The molecule has 0 aliphatic rings. The fourth-order valence-electron chi connectivity index (χ4n) is 2.13. The van der Waals surface area contributed by atoms with Gasteiger partial charge in [-0.05, 0) is 18.6 Å². The maximum absolute atomic E-state index is 13.8. The molecule has 2 aromatic rings. The number of aromatic nitrogens is 2. The fourth-order valence-corrected chi connectivity index (χ4v) is 2.36. The summed E-state index contributed by atoms with van der Waals surface area (Å²) in [4.78, 5) is 12.5. The lowest BCUT2D eigenvalue weighted by Gasteiger charge is -2.09. The Bertz CT molecular complexity index is 635. The van der Waals surface area contributed by atoms with Crippen LogP contribution in [0.5, 0.6) is 5.75 Å². The molecule has 6 heteroatoms. The minimum atomic E-state index is -0.489. The average molecular weight is 311 g/mol. The molecule has 1 aromatic heterocycles. The molecule has 0 spiro atoms. The smallest absolute Gasteiger partial charge is 0.189 e. The van der Waals surface area contributed by atoms with Gasteiger partial charge in [-0.2, -0.15) is 5.10 Å². The van der Waals surface area contributed by atoms with E-state index < -0.39 is 5.82 Å². The monoisotopic (exact) mass is 310 g/mol. The molecule has 1 aromatic carbocycles. The van der Waals surface area contributed by atoms with Gasteiger partial charge < -0.3 is 4.74 Å². The van der Waals surface area contributed by atoms with E-state index in [2.05, 4.69) is 5.10 Å². The standard InChI is InChI=1S/C15H16ClFN2O2/c1-3-7-19-15(14(21-2)9-18-19)13(20)8-10-11(16)5-4-6-12(10)17/h4-6,9H,3,7-8H2,1-2H3. The van der Waals surface area contributed by atoms with Crippen LogP contribution in [0, 0.1) is 5.82 Å². The summed E-state index contributed by atoms with van der Waals surface area (Å²) in [5, 5.41) is 4.37. The van der Waals surface area contributed by atoms with E-state index in [0.717, 1.165) is 6.42 Å². The van der Waals surface area contributed by atoms with Crippen molar-refractivity contribution in [3.05, 3.63) is 46.5 Å². The first-order valence-electron chi connectivity index (χ1n) is 6.64. The number of hydrogen-bond donors (Lipinski definition) is 0. The van der Waals surface area contributed by atoms with Crippen LogP contribution in [0.3, 0.4) is 0 Å². The highest BCUT2D eigenvalue weighted by Gasteiger charge is 2.21. The van der Waals surface area contributed by atoms with Crippen LogP contribution < -0.4 is 4.74 Å². The van der Waals surface area contributed by atoms with Gasteiger partial charge in [0, 0.05) is 23.6 Å². The van der Waals surface area contributed by atoms with Crippen LogP contribution in [0.25, 0.3) is 0 Å². The van der Waals surface area contributed by atoms with Gasteiger partial charge in [0.1, 0.15) is 11.5 Å². The largest absolute Gasteiger partial charge is 0.493 e. The summed E-state index contributed by atoms with van der Waals surface area (Å²) in [5.41, 5.74) is 0.536. The first-order valence-corrected chi connectivity index (χ1v) is 7.02. The Kier molecular flexibility index (Phi) is 4.96. The zero-order chi connectivity index (χ0) is 15.4. The molecule has 0 fully saturated rings. The van der Waals surface area contributed by atoms with Crippen LogP contribution in [0.2, 0.25) is 5.02 Å². The maximum atomic E-state index is 13.8. The Morgan fingerprint density at radius 3 is 2.86 bits per heavy atom.